The van der Waals surface area contributed by atoms with Gasteiger partial charge in [0.05, 0.1) is 25.3 Å². The van der Waals surface area contributed by atoms with Crippen LogP contribution in [0.3, 0.4) is 0 Å². The van der Waals surface area contributed by atoms with Gasteiger partial charge in [0.1, 0.15) is 104 Å². The molecule has 4 heterocycles. The molecule has 0 amide bonds. The summed E-state index contributed by atoms with van der Waals surface area (Å²) < 4.78 is 51.8. The van der Waals surface area contributed by atoms with Crippen LogP contribution in [0.25, 0.3) is 0 Å². The first-order valence-corrected chi connectivity index (χ1v) is 20.9. The number of ether oxygens (including phenoxy) is 9. The molecule has 1 aromatic carbocycles. The molecule has 5 rings (SSSR count). The van der Waals surface area contributed by atoms with E-state index in [4.69, 9.17) is 42.6 Å². The predicted octanol–water partition coefficient (Wildman–Crippen LogP) is -8.68. The SMILES string of the molecule is COC1OC(CO)C(O)C(OC2OC([C@@H](O)NCCc3ccc(O)c(O)c3)C(OC3OC(CO)C(O)C(OC4OC(C(O)O)C(OC)C(O)C4O)C3N[C@H](C)O)C(O)C2O)C1N[C@H](C)O. The molecule has 20 unspecified atom stereocenters. The van der Waals surface area contributed by atoms with Gasteiger partial charge in [-0.25, -0.2) is 0 Å². The van der Waals surface area contributed by atoms with Crippen molar-refractivity contribution in [1.29, 1.82) is 0 Å². The highest BCUT2D eigenvalue weighted by molar-refractivity contribution is 5.40. The van der Waals surface area contributed by atoms with Crippen LogP contribution in [0.1, 0.15) is 19.4 Å². The number of hydrogen-bond acceptors (Lipinski definition) is 27. The molecule has 0 aliphatic carbocycles. The molecule has 18 N–H and O–H groups in total. The second kappa shape index (κ2) is 23.9. The smallest absolute Gasteiger partial charge is 0.187 e. The monoisotopic (exact) mass is 947 g/mol. The third kappa shape index (κ3) is 12.5. The first-order valence-electron chi connectivity index (χ1n) is 20.9. The van der Waals surface area contributed by atoms with Crippen LogP contribution in [-0.4, -0.2) is 258 Å². The summed E-state index contributed by atoms with van der Waals surface area (Å²) in [7, 11) is 2.35. The van der Waals surface area contributed by atoms with E-state index >= 15 is 0 Å². The highest BCUT2D eigenvalue weighted by atomic mass is 16.8. The summed E-state index contributed by atoms with van der Waals surface area (Å²) in [6, 6.07) is 1.21. The Morgan fingerprint density at radius 1 is 0.569 bits per heavy atom. The van der Waals surface area contributed by atoms with Crippen molar-refractivity contribution < 1.29 is 119 Å². The topological polar surface area (TPSA) is 423 Å². The lowest BCUT2D eigenvalue weighted by molar-refractivity contribution is -0.383. The Morgan fingerprint density at radius 2 is 1.06 bits per heavy atom. The maximum atomic E-state index is 11.9. The minimum absolute atomic E-state index is 0.0707. The molecule has 0 spiro atoms. The number of rotatable bonds is 20. The van der Waals surface area contributed by atoms with Gasteiger partial charge in [-0.2, -0.15) is 0 Å². The van der Waals surface area contributed by atoms with E-state index in [0.29, 0.717) is 5.56 Å². The molecule has 0 saturated carbocycles. The van der Waals surface area contributed by atoms with Gasteiger partial charge >= 0.3 is 0 Å². The van der Waals surface area contributed by atoms with Crippen molar-refractivity contribution >= 4 is 0 Å². The van der Waals surface area contributed by atoms with E-state index in [2.05, 4.69) is 16.0 Å². The normalized spacial score (nSPS) is 41.9. The molecule has 0 aromatic heterocycles. The molecule has 4 aliphatic rings. The van der Waals surface area contributed by atoms with Gasteiger partial charge in [0.15, 0.2) is 42.9 Å². The molecular formula is C38H65N3O24. The number of aliphatic hydroxyl groups excluding tert-OH is 12. The average molecular weight is 948 g/mol. The molecule has 4 saturated heterocycles. The minimum Gasteiger partial charge on any atom is -0.504 e. The molecular weight excluding hydrogens is 882 g/mol. The molecule has 1 aromatic rings. The highest BCUT2D eigenvalue weighted by Crippen LogP contribution is 2.36. The Bertz CT molecular complexity index is 1590. The molecule has 65 heavy (non-hydrogen) atoms. The Kier molecular flexibility index (Phi) is 19.8. The first-order chi connectivity index (χ1) is 30.8. The number of nitrogens with one attached hydrogen (secondary N) is 3. The number of hydrogen-bond donors (Lipinski definition) is 18. The Balaban J connectivity index is 1.47. The van der Waals surface area contributed by atoms with Crippen molar-refractivity contribution in [1.82, 2.24) is 16.0 Å². The third-order valence-corrected chi connectivity index (χ3v) is 11.5. The van der Waals surface area contributed by atoms with Crippen LogP contribution >= 0.6 is 0 Å². The average Bonchev–Trinajstić information content (AvgIpc) is 3.25. The molecule has 4 fully saturated rings. The summed E-state index contributed by atoms with van der Waals surface area (Å²) in [5.41, 5.74) is 0.504. The maximum Gasteiger partial charge on any atom is 0.187 e. The zero-order valence-electron chi connectivity index (χ0n) is 35.8. The van der Waals surface area contributed by atoms with E-state index in [-0.39, 0.29) is 18.7 Å². The van der Waals surface area contributed by atoms with E-state index in [1.54, 1.807) is 0 Å². The fourth-order valence-corrected chi connectivity index (χ4v) is 8.23. The highest BCUT2D eigenvalue weighted by Gasteiger charge is 2.57. The van der Waals surface area contributed by atoms with Crippen LogP contribution in [0.5, 0.6) is 11.5 Å². The van der Waals surface area contributed by atoms with Crippen molar-refractivity contribution in [3.63, 3.8) is 0 Å². The zero-order valence-corrected chi connectivity index (χ0v) is 35.8. The van der Waals surface area contributed by atoms with Gasteiger partial charge in [-0.3, -0.25) is 16.0 Å². The summed E-state index contributed by atoms with van der Waals surface area (Å²) in [5, 5.41) is 168. The van der Waals surface area contributed by atoms with E-state index in [9.17, 15) is 76.6 Å². The largest absolute Gasteiger partial charge is 0.504 e. The van der Waals surface area contributed by atoms with Crippen molar-refractivity contribution in [3.8, 4) is 11.5 Å². The van der Waals surface area contributed by atoms with E-state index < -0.39 is 167 Å². The van der Waals surface area contributed by atoms with Gasteiger partial charge in [-0.15, -0.1) is 0 Å². The zero-order chi connectivity index (χ0) is 48.0. The molecule has 376 valence electrons. The van der Waals surface area contributed by atoms with E-state index in [1.165, 1.54) is 39.2 Å². The van der Waals surface area contributed by atoms with Gasteiger partial charge in [0, 0.05) is 20.8 Å². The second-order valence-electron chi connectivity index (χ2n) is 16.2. The van der Waals surface area contributed by atoms with Gasteiger partial charge in [0.2, 0.25) is 0 Å². The van der Waals surface area contributed by atoms with Crippen LogP contribution in [0.2, 0.25) is 0 Å². The summed E-state index contributed by atoms with van der Waals surface area (Å²) in [6.07, 6.45) is -38.4. The van der Waals surface area contributed by atoms with Crippen molar-refractivity contribution in [2.75, 3.05) is 34.0 Å². The van der Waals surface area contributed by atoms with Crippen molar-refractivity contribution in [2.24, 2.45) is 0 Å². The molecule has 23 atom stereocenters. The lowest BCUT2D eigenvalue weighted by Gasteiger charge is -2.51. The van der Waals surface area contributed by atoms with Crippen LogP contribution in [0, 0.1) is 0 Å². The Morgan fingerprint density at radius 3 is 1.54 bits per heavy atom. The Labute approximate surface area is 372 Å². The summed E-state index contributed by atoms with van der Waals surface area (Å²) in [6.45, 7) is 0.841. The second-order valence-corrected chi connectivity index (χ2v) is 16.2. The van der Waals surface area contributed by atoms with Crippen LogP contribution in [-0.2, 0) is 49.1 Å². The Hall–Kier alpha value is -2.18. The van der Waals surface area contributed by atoms with Gasteiger partial charge in [-0.05, 0) is 38.0 Å². The van der Waals surface area contributed by atoms with Crippen LogP contribution in [0.15, 0.2) is 18.2 Å². The predicted molar refractivity (Wildman–Crippen MR) is 210 cm³/mol. The third-order valence-electron chi connectivity index (χ3n) is 11.5. The number of aliphatic hydroxyl groups is 13. The number of methoxy groups -OCH3 is 2. The summed E-state index contributed by atoms with van der Waals surface area (Å²) in [5.74, 6) is -0.780. The fourth-order valence-electron chi connectivity index (χ4n) is 8.23. The van der Waals surface area contributed by atoms with E-state index in [1.807, 2.05) is 0 Å². The summed E-state index contributed by atoms with van der Waals surface area (Å²) in [4.78, 5) is 0. The number of aromatic hydroxyl groups is 2. The molecule has 27 nitrogen and oxygen atoms in total. The van der Waals surface area contributed by atoms with Gasteiger partial charge in [0.25, 0.3) is 0 Å². The standard InChI is InChI=1S/C38H65N3O24/c1-12(44)40-19-27(21(48)17(10-42)59-35(19)58-4)61-37-26(53)24(51)30(31(64-37)33(54)39-8-7-14-5-6-15(46)16(47)9-14)63-36-20(41-13(2)45)28(22(49)18(11-43)60-36)62-38-25(52)23(50)29(57-3)32(65-38)34(55)56/h5-6,9,12-13,17-56H,7-8,10-11H2,1-4H3/t12-,13-,17?,18?,19?,20?,21?,22?,23?,24?,25?,26?,27?,28?,29?,30?,31?,32?,33+,35?,36?,37?,38?/m0/s1. The lowest BCUT2D eigenvalue weighted by Crippen LogP contribution is -2.71. The number of phenols is 2. The molecule has 0 bridgehead atoms. The van der Waals surface area contributed by atoms with Crippen LogP contribution < -0.4 is 16.0 Å². The van der Waals surface area contributed by atoms with Crippen LogP contribution in [0.4, 0.5) is 0 Å². The van der Waals surface area contributed by atoms with Gasteiger partial charge in [-0.1, -0.05) is 6.07 Å². The maximum absolute atomic E-state index is 11.9. The quantitative estimate of drug-likeness (QED) is 0.0426. The minimum atomic E-state index is -2.27. The number of benzene rings is 1. The van der Waals surface area contributed by atoms with Crippen molar-refractivity contribution in [3.05, 3.63) is 23.8 Å². The van der Waals surface area contributed by atoms with Gasteiger partial charge < -0.3 is 119 Å². The fraction of sp³-hybridized carbons (Fsp3) is 0.842. The first kappa shape index (κ1) is 53.8. The molecule has 27 heteroatoms. The molecule has 4 aliphatic heterocycles. The van der Waals surface area contributed by atoms with Crippen molar-refractivity contribution in [2.45, 2.75) is 168 Å². The number of phenolic OH excluding ortho intramolecular Hbond substituents is 2. The lowest BCUT2D eigenvalue weighted by atomic mass is 9.93. The molecule has 0 radical (unpaired) electrons. The summed E-state index contributed by atoms with van der Waals surface area (Å²) >= 11 is 0. The van der Waals surface area contributed by atoms with E-state index in [0.717, 1.165) is 7.11 Å².